The molecule has 0 aliphatic carbocycles. The number of esters is 1. The molecule has 4 nitrogen and oxygen atoms in total. The van der Waals surface area contributed by atoms with Crippen molar-refractivity contribution < 1.29 is 9.53 Å². The molecule has 0 bridgehead atoms. The molecule has 1 heterocycles. The van der Waals surface area contributed by atoms with E-state index in [2.05, 4.69) is 0 Å². The van der Waals surface area contributed by atoms with Crippen LogP contribution in [0.1, 0.15) is 33.7 Å². The van der Waals surface area contributed by atoms with Crippen molar-refractivity contribution >= 4 is 5.97 Å². The SMILES string of the molecule is CC(C(=O)OC(C)(C)C)n1ccc(=O)cc1. The molecule has 1 aromatic rings. The van der Waals surface area contributed by atoms with Gasteiger partial charge in [0.05, 0.1) is 0 Å². The summed E-state index contributed by atoms with van der Waals surface area (Å²) in [4.78, 5) is 22.6. The molecule has 0 saturated carbocycles. The van der Waals surface area contributed by atoms with Gasteiger partial charge >= 0.3 is 5.97 Å². The Labute approximate surface area is 94.9 Å². The van der Waals surface area contributed by atoms with Gasteiger partial charge in [0, 0.05) is 24.5 Å². The number of ether oxygens (including phenoxy) is 1. The summed E-state index contributed by atoms with van der Waals surface area (Å²) in [6.45, 7) is 7.20. The summed E-state index contributed by atoms with van der Waals surface area (Å²) < 4.78 is 6.89. The maximum absolute atomic E-state index is 11.7. The molecule has 16 heavy (non-hydrogen) atoms. The van der Waals surface area contributed by atoms with Gasteiger partial charge < -0.3 is 9.30 Å². The lowest BCUT2D eigenvalue weighted by Gasteiger charge is -2.23. The van der Waals surface area contributed by atoms with Crippen LogP contribution in [0.3, 0.4) is 0 Å². The van der Waals surface area contributed by atoms with Crippen molar-refractivity contribution in [3.05, 3.63) is 34.7 Å². The molecule has 0 aromatic carbocycles. The summed E-state index contributed by atoms with van der Waals surface area (Å²) in [5.41, 5.74) is -0.572. The number of carbonyl (C=O) groups excluding carboxylic acids is 1. The Morgan fingerprint density at radius 1 is 1.31 bits per heavy atom. The molecule has 0 radical (unpaired) electrons. The second-order valence-corrected chi connectivity index (χ2v) is 4.69. The number of rotatable bonds is 2. The van der Waals surface area contributed by atoms with E-state index in [1.54, 1.807) is 23.9 Å². The second kappa shape index (κ2) is 4.51. The maximum atomic E-state index is 11.7. The molecular weight excluding hydrogens is 206 g/mol. The van der Waals surface area contributed by atoms with Crippen LogP contribution in [0.25, 0.3) is 0 Å². The van der Waals surface area contributed by atoms with Gasteiger partial charge in [-0.2, -0.15) is 0 Å². The molecular formula is C12H17NO3. The molecule has 4 heteroatoms. The van der Waals surface area contributed by atoms with Crippen molar-refractivity contribution in [2.24, 2.45) is 0 Å². The van der Waals surface area contributed by atoms with Crippen LogP contribution in [0.2, 0.25) is 0 Å². The number of nitrogens with zero attached hydrogens (tertiary/aromatic N) is 1. The molecule has 1 rings (SSSR count). The van der Waals surface area contributed by atoms with E-state index in [1.165, 1.54) is 12.1 Å². The first-order valence-corrected chi connectivity index (χ1v) is 5.20. The molecule has 1 aromatic heterocycles. The van der Waals surface area contributed by atoms with Crippen LogP contribution < -0.4 is 5.43 Å². The summed E-state index contributed by atoms with van der Waals surface area (Å²) in [6.07, 6.45) is 3.16. The van der Waals surface area contributed by atoms with Gasteiger partial charge in [0.1, 0.15) is 11.6 Å². The summed E-state index contributed by atoms with van der Waals surface area (Å²) in [5, 5.41) is 0. The van der Waals surface area contributed by atoms with E-state index in [9.17, 15) is 9.59 Å². The minimum absolute atomic E-state index is 0.0763. The molecule has 0 saturated heterocycles. The predicted molar refractivity (Wildman–Crippen MR) is 61.3 cm³/mol. The van der Waals surface area contributed by atoms with Gasteiger partial charge in [0.15, 0.2) is 5.43 Å². The average molecular weight is 223 g/mol. The molecule has 0 spiro atoms. The van der Waals surface area contributed by atoms with Crippen LogP contribution in [-0.4, -0.2) is 16.1 Å². The topological polar surface area (TPSA) is 48.3 Å². The lowest BCUT2D eigenvalue weighted by molar-refractivity contribution is -0.158. The third kappa shape index (κ3) is 3.53. The molecule has 0 amide bonds. The quantitative estimate of drug-likeness (QED) is 0.718. The number of hydrogen-bond acceptors (Lipinski definition) is 3. The zero-order valence-corrected chi connectivity index (χ0v) is 10.1. The number of aromatic nitrogens is 1. The highest BCUT2D eigenvalue weighted by molar-refractivity contribution is 5.74. The fourth-order valence-corrected chi connectivity index (χ4v) is 1.19. The largest absolute Gasteiger partial charge is 0.458 e. The zero-order chi connectivity index (χ0) is 12.3. The van der Waals surface area contributed by atoms with Crippen molar-refractivity contribution in [2.45, 2.75) is 39.3 Å². The number of carbonyl (C=O) groups is 1. The van der Waals surface area contributed by atoms with Crippen LogP contribution in [0.4, 0.5) is 0 Å². The van der Waals surface area contributed by atoms with Gasteiger partial charge in [-0.1, -0.05) is 0 Å². The zero-order valence-electron chi connectivity index (χ0n) is 10.1. The van der Waals surface area contributed by atoms with E-state index in [0.29, 0.717) is 0 Å². The molecule has 0 aliphatic rings. The van der Waals surface area contributed by atoms with Gasteiger partial charge in [-0.15, -0.1) is 0 Å². The van der Waals surface area contributed by atoms with E-state index in [0.717, 1.165) is 0 Å². The van der Waals surface area contributed by atoms with E-state index in [-0.39, 0.29) is 11.4 Å². The Hall–Kier alpha value is -1.58. The van der Waals surface area contributed by atoms with Crippen molar-refractivity contribution in [1.29, 1.82) is 0 Å². The van der Waals surface area contributed by atoms with Crippen molar-refractivity contribution in [3.63, 3.8) is 0 Å². The van der Waals surface area contributed by atoms with Gasteiger partial charge in [-0.25, -0.2) is 4.79 Å². The highest BCUT2D eigenvalue weighted by Crippen LogP contribution is 2.13. The average Bonchev–Trinajstić information content (AvgIpc) is 2.15. The smallest absolute Gasteiger partial charge is 0.329 e. The summed E-state index contributed by atoms with van der Waals surface area (Å²) >= 11 is 0. The Balaban J connectivity index is 2.78. The summed E-state index contributed by atoms with van der Waals surface area (Å²) in [6, 6.07) is 2.40. The van der Waals surface area contributed by atoms with E-state index < -0.39 is 11.6 Å². The van der Waals surface area contributed by atoms with E-state index in [4.69, 9.17) is 4.74 Å². The van der Waals surface area contributed by atoms with Gasteiger partial charge in [0.25, 0.3) is 0 Å². The molecule has 1 atom stereocenters. The highest BCUT2D eigenvalue weighted by Gasteiger charge is 2.21. The second-order valence-electron chi connectivity index (χ2n) is 4.69. The maximum Gasteiger partial charge on any atom is 0.329 e. The van der Waals surface area contributed by atoms with E-state index >= 15 is 0 Å². The lowest BCUT2D eigenvalue weighted by Crippen LogP contribution is -2.29. The molecule has 0 fully saturated rings. The Morgan fingerprint density at radius 3 is 2.25 bits per heavy atom. The standard InChI is InChI=1S/C12H17NO3/c1-9(11(15)16-12(2,3)4)13-7-5-10(14)6-8-13/h5-9H,1-4H3. The summed E-state index contributed by atoms with van der Waals surface area (Å²) in [5.74, 6) is -0.309. The molecule has 0 aliphatic heterocycles. The minimum Gasteiger partial charge on any atom is -0.458 e. The molecule has 88 valence electrons. The summed E-state index contributed by atoms with van der Waals surface area (Å²) in [7, 11) is 0. The normalized spacial score (nSPS) is 13.2. The Bertz CT molecular complexity index is 408. The highest BCUT2D eigenvalue weighted by atomic mass is 16.6. The Kier molecular flexibility index (Phi) is 3.52. The van der Waals surface area contributed by atoms with Crippen LogP contribution in [-0.2, 0) is 9.53 Å². The Morgan fingerprint density at radius 2 is 1.81 bits per heavy atom. The number of pyridine rings is 1. The first-order valence-electron chi connectivity index (χ1n) is 5.20. The van der Waals surface area contributed by atoms with Crippen LogP contribution in [0, 0.1) is 0 Å². The van der Waals surface area contributed by atoms with Crippen LogP contribution >= 0.6 is 0 Å². The van der Waals surface area contributed by atoms with Crippen molar-refractivity contribution in [3.8, 4) is 0 Å². The van der Waals surface area contributed by atoms with Crippen LogP contribution in [0.5, 0.6) is 0 Å². The van der Waals surface area contributed by atoms with Gasteiger partial charge in [-0.05, 0) is 27.7 Å². The molecule has 0 N–H and O–H groups in total. The van der Waals surface area contributed by atoms with E-state index in [1.807, 2.05) is 20.8 Å². The number of hydrogen-bond donors (Lipinski definition) is 0. The van der Waals surface area contributed by atoms with Crippen LogP contribution in [0.15, 0.2) is 29.3 Å². The predicted octanol–water partition coefficient (Wildman–Crippen LogP) is 1.75. The van der Waals surface area contributed by atoms with Crippen molar-refractivity contribution in [1.82, 2.24) is 4.57 Å². The lowest BCUT2D eigenvalue weighted by atomic mass is 10.2. The monoisotopic (exact) mass is 223 g/mol. The fraction of sp³-hybridized carbons (Fsp3) is 0.500. The first kappa shape index (κ1) is 12.5. The van der Waals surface area contributed by atoms with Gasteiger partial charge in [0.2, 0.25) is 0 Å². The first-order chi connectivity index (χ1) is 7.29. The third-order valence-corrected chi connectivity index (χ3v) is 2.02. The fourth-order valence-electron chi connectivity index (χ4n) is 1.19. The molecule has 1 unspecified atom stereocenters. The third-order valence-electron chi connectivity index (χ3n) is 2.02. The van der Waals surface area contributed by atoms with Gasteiger partial charge in [-0.3, -0.25) is 4.79 Å². The van der Waals surface area contributed by atoms with Crippen molar-refractivity contribution in [2.75, 3.05) is 0 Å². The minimum atomic E-state index is -0.496.